The molecule has 2 unspecified atom stereocenters. The number of benzene rings is 1. The zero-order chi connectivity index (χ0) is 27.3. The number of aromatic nitrogens is 6. The summed E-state index contributed by atoms with van der Waals surface area (Å²) in [5, 5.41) is 26.9. The highest BCUT2D eigenvalue weighted by atomic mass is 32.2. The molecule has 6 rings (SSSR count). The van der Waals surface area contributed by atoms with Crippen LogP contribution in [-0.4, -0.2) is 90.7 Å². The van der Waals surface area contributed by atoms with Crippen LogP contribution in [0.1, 0.15) is 38.7 Å². The van der Waals surface area contributed by atoms with Crippen molar-refractivity contribution in [1.82, 2.24) is 44.1 Å². The molecule has 5 N–H and O–H groups in total. The molecule has 1 amide bonds. The third kappa shape index (κ3) is 4.80. The Morgan fingerprint density at radius 2 is 2.08 bits per heavy atom. The average Bonchev–Trinajstić information content (AvgIpc) is 3.67. The summed E-state index contributed by atoms with van der Waals surface area (Å²) < 4.78 is 29.9. The molecule has 1 aromatic carbocycles. The molecule has 3 aromatic heterocycles. The molecule has 1 saturated heterocycles. The second kappa shape index (κ2) is 9.78. The Balaban J connectivity index is 1.27. The number of nitrogens with one attached hydrogen (secondary N) is 3. The van der Waals surface area contributed by atoms with Crippen molar-refractivity contribution in [2.24, 2.45) is 5.73 Å². The average molecular weight is 570 g/mol. The van der Waals surface area contributed by atoms with Gasteiger partial charge in [0.15, 0.2) is 10.8 Å². The van der Waals surface area contributed by atoms with Gasteiger partial charge in [0.25, 0.3) is 5.91 Å². The summed E-state index contributed by atoms with van der Waals surface area (Å²) in [5.41, 5.74) is 7.05. The number of carbonyl (C=O) groups excluding carboxylic acids is 1. The number of piperazine rings is 1. The van der Waals surface area contributed by atoms with E-state index in [2.05, 4.69) is 37.8 Å². The lowest BCUT2D eigenvalue weighted by atomic mass is 10.1. The minimum absolute atomic E-state index is 0.0551. The van der Waals surface area contributed by atoms with Crippen molar-refractivity contribution in [3.8, 4) is 0 Å². The number of tetrazole rings is 1. The highest BCUT2D eigenvalue weighted by molar-refractivity contribution is 7.87. The standard InChI is InChI=1S/C23H27N11O3S2/c1-13-6-18-19(9-26-13)38-22(27-18)23(35)34-5-4-32(12-17(34)8-20-28-30-31-29-20)39(36,37)33-10-15-3-2-14(21(24)25)7-16(15)11-33/h2-3,7,10-11,13,17,26H,4-6,8-9,12H2,1H3,(H3,24,25)(H,28,29,30,31). The van der Waals surface area contributed by atoms with E-state index in [9.17, 15) is 13.2 Å². The lowest BCUT2D eigenvalue weighted by Crippen LogP contribution is -2.58. The minimum Gasteiger partial charge on any atom is -0.384 e. The molecule has 0 saturated carbocycles. The van der Waals surface area contributed by atoms with Gasteiger partial charge in [-0.3, -0.25) is 10.2 Å². The number of fused-ring (bicyclic) bond motifs is 2. The number of nitrogens with two attached hydrogens (primary N) is 1. The first kappa shape index (κ1) is 25.5. The molecular formula is C23H27N11O3S2. The molecule has 204 valence electrons. The van der Waals surface area contributed by atoms with E-state index in [1.54, 1.807) is 23.1 Å². The summed E-state index contributed by atoms with van der Waals surface area (Å²) in [6, 6.07) is 4.87. The van der Waals surface area contributed by atoms with Crippen LogP contribution in [0, 0.1) is 5.41 Å². The van der Waals surface area contributed by atoms with Gasteiger partial charge in [-0.2, -0.15) is 17.9 Å². The smallest absolute Gasteiger partial charge is 0.307 e. The van der Waals surface area contributed by atoms with Crippen LogP contribution in [0.5, 0.6) is 0 Å². The first-order valence-electron chi connectivity index (χ1n) is 12.4. The van der Waals surface area contributed by atoms with Gasteiger partial charge in [-0.15, -0.1) is 21.5 Å². The Kier molecular flexibility index (Phi) is 6.41. The quantitative estimate of drug-likeness (QED) is 0.184. The molecule has 0 spiro atoms. The van der Waals surface area contributed by atoms with Gasteiger partial charge in [0.2, 0.25) is 0 Å². The van der Waals surface area contributed by atoms with Crippen molar-refractivity contribution in [1.29, 1.82) is 5.41 Å². The Hall–Kier alpha value is -3.73. The van der Waals surface area contributed by atoms with Crippen LogP contribution >= 0.6 is 11.3 Å². The summed E-state index contributed by atoms with van der Waals surface area (Å²) in [6.45, 7) is 3.13. The summed E-state index contributed by atoms with van der Waals surface area (Å²) in [5.74, 6) is 0.0671. The Bertz CT molecular complexity index is 1660. The van der Waals surface area contributed by atoms with Gasteiger partial charge in [0.05, 0.1) is 11.7 Å². The van der Waals surface area contributed by atoms with E-state index in [-0.39, 0.29) is 37.8 Å². The van der Waals surface area contributed by atoms with Crippen molar-refractivity contribution >= 4 is 44.1 Å². The number of H-pyrrole nitrogens is 1. The van der Waals surface area contributed by atoms with Crippen LogP contribution in [0.15, 0.2) is 30.6 Å². The number of nitrogens with zero attached hydrogens (tertiary/aromatic N) is 7. The van der Waals surface area contributed by atoms with Gasteiger partial charge >= 0.3 is 10.2 Å². The van der Waals surface area contributed by atoms with Crippen molar-refractivity contribution in [3.63, 3.8) is 0 Å². The fourth-order valence-corrected chi connectivity index (χ4v) is 7.46. The first-order chi connectivity index (χ1) is 18.7. The molecule has 14 nitrogen and oxygen atoms in total. The van der Waals surface area contributed by atoms with Crippen molar-refractivity contribution in [2.75, 3.05) is 19.6 Å². The van der Waals surface area contributed by atoms with Crippen molar-refractivity contribution < 1.29 is 13.2 Å². The number of rotatable bonds is 6. The van der Waals surface area contributed by atoms with Gasteiger partial charge in [0, 0.05) is 78.7 Å². The van der Waals surface area contributed by atoms with E-state index >= 15 is 0 Å². The van der Waals surface area contributed by atoms with E-state index in [1.165, 1.54) is 32.0 Å². The molecule has 1 fully saturated rings. The molecule has 0 bridgehead atoms. The highest BCUT2D eigenvalue weighted by Crippen LogP contribution is 2.27. The number of thiazole rings is 1. The molecule has 0 aliphatic carbocycles. The van der Waals surface area contributed by atoms with Gasteiger partial charge in [-0.05, 0) is 13.0 Å². The van der Waals surface area contributed by atoms with Crippen LogP contribution in [0.4, 0.5) is 0 Å². The van der Waals surface area contributed by atoms with E-state index in [0.29, 0.717) is 39.8 Å². The Morgan fingerprint density at radius 1 is 1.26 bits per heavy atom. The molecule has 4 aromatic rings. The summed E-state index contributed by atoms with van der Waals surface area (Å²) in [6.07, 6.45) is 4.04. The second-order valence-electron chi connectivity index (χ2n) is 9.77. The maximum atomic E-state index is 13.7. The van der Waals surface area contributed by atoms with E-state index in [0.717, 1.165) is 17.0 Å². The number of aromatic amines is 1. The molecule has 0 radical (unpaired) electrons. The predicted molar refractivity (Wildman–Crippen MR) is 144 cm³/mol. The van der Waals surface area contributed by atoms with Gasteiger partial charge < -0.3 is 16.0 Å². The van der Waals surface area contributed by atoms with Crippen molar-refractivity contribution in [3.05, 3.63) is 57.6 Å². The van der Waals surface area contributed by atoms with Crippen molar-refractivity contribution in [2.45, 2.75) is 38.4 Å². The zero-order valence-corrected chi connectivity index (χ0v) is 22.7. The predicted octanol–water partition coefficient (Wildman–Crippen LogP) is 0.0914. The molecule has 39 heavy (non-hydrogen) atoms. The zero-order valence-electron chi connectivity index (χ0n) is 21.0. The number of amides is 1. The SMILES string of the molecule is CC1Cc2nc(C(=O)N3CCN(S(=O)(=O)n4cc5ccc(C(=N)N)cc5c4)CC3Cc3nn[nH]n3)sc2CN1. The Labute approximate surface area is 227 Å². The van der Waals surface area contributed by atoms with E-state index in [4.69, 9.17) is 11.1 Å². The molecule has 2 aliphatic rings. The first-order valence-corrected chi connectivity index (χ1v) is 14.6. The lowest BCUT2D eigenvalue weighted by molar-refractivity contribution is 0.0560. The van der Waals surface area contributed by atoms with Gasteiger partial charge in [0.1, 0.15) is 5.84 Å². The van der Waals surface area contributed by atoms with E-state index < -0.39 is 16.3 Å². The number of hydrogen-bond acceptors (Lipinski definition) is 10. The maximum absolute atomic E-state index is 13.7. The van der Waals surface area contributed by atoms with E-state index in [1.807, 2.05) is 0 Å². The normalized spacial score (nSPS) is 20.3. The number of amidine groups is 1. The number of nitrogen functional groups attached to an aromatic ring is 1. The van der Waals surface area contributed by atoms with Crippen LogP contribution in [0.3, 0.4) is 0 Å². The molecule has 16 heteroatoms. The number of carbonyl (C=O) groups is 1. The maximum Gasteiger partial charge on any atom is 0.307 e. The van der Waals surface area contributed by atoms with Crippen LogP contribution in [-0.2, 0) is 29.6 Å². The fraction of sp³-hybridized carbons (Fsp3) is 0.391. The van der Waals surface area contributed by atoms with Crippen LogP contribution in [0.2, 0.25) is 0 Å². The highest BCUT2D eigenvalue weighted by Gasteiger charge is 2.38. The largest absolute Gasteiger partial charge is 0.384 e. The third-order valence-corrected chi connectivity index (χ3v) is 9.92. The Morgan fingerprint density at radius 3 is 2.85 bits per heavy atom. The summed E-state index contributed by atoms with van der Waals surface area (Å²) in [7, 11) is -3.95. The van der Waals surface area contributed by atoms with Gasteiger partial charge in [-0.1, -0.05) is 17.3 Å². The van der Waals surface area contributed by atoms with Crippen LogP contribution in [0.25, 0.3) is 10.8 Å². The van der Waals surface area contributed by atoms with Gasteiger partial charge in [-0.25, -0.2) is 8.96 Å². The molecule has 2 aliphatic heterocycles. The fourth-order valence-electron chi connectivity index (χ4n) is 5.03. The number of hydrogen-bond donors (Lipinski definition) is 4. The topological polar surface area (TPSA) is 192 Å². The summed E-state index contributed by atoms with van der Waals surface area (Å²) in [4.78, 5) is 21.0. The summed E-state index contributed by atoms with van der Waals surface area (Å²) >= 11 is 1.38. The minimum atomic E-state index is -3.95. The van der Waals surface area contributed by atoms with Crippen LogP contribution < -0.4 is 11.1 Å². The second-order valence-corrected chi connectivity index (χ2v) is 12.7. The third-order valence-electron chi connectivity index (χ3n) is 7.11. The molecule has 5 heterocycles. The molecule has 2 atom stereocenters. The monoisotopic (exact) mass is 569 g/mol. The lowest BCUT2D eigenvalue weighted by Gasteiger charge is -2.40. The molecular weight excluding hydrogens is 542 g/mol.